The lowest BCUT2D eigenvalue weighted by atomic mass is 10.0. The summed E-state index contributed by atoms with van der Waals surface area (Å²) >= 11 is 0. The number of nitrogens with two attached hydrogens (primary N) is 1. The number of rotatable bonds is 5. The Morgan fingerprint density at radius 2 is 2.38 bits per heavy atom. The molecular formula is C12H22N2O2. The number of carbonyl (C=O) groups excluding carboxylic acids is 1. The van der Waals surface area contributed by atoms with Crippen molar-refractivity contribution in [3.05, 3.63) is 12.2 Å². The fraction of sp³-hybridized carbons (Fsp3) is 0.750. The molecule has 92 valence electrons. The van der Waals surface area contributed by atoms with Gasteiger partial charge >= 0.3 is 5.97 Å². The molecule has 1 atom stereocenters. The molecule has 1 saturated heterocycles. The van der Waals surface area contributed by atoms with Crippen molar-refractivity contribution in [2.24, 2.45) is 5.73 Å². The summed E-state index contributed by atoms with van der Waals surface area (Å²) in [6.07, 6.45) is 7.03. The average Bonchev–Trinajstić information content (AvgIpc) is 2.30. The van der Waals surface area contributed by atoms with Crippen LogP contribution in [0.3, 0.4) is 0 Å². The highest BCUT2D eigenvalue weighted by Crippen LogP contribution is 2.15. The average molecular weight is 226 g/mol. The van der Waals surface area contributed by atoms with Crippen molar-refractivity contribution in [3.8, 4) is 0 Å². The van der Waals surface area contributed by atoms with Gasteiger partial charge in [0.25, 0.3) is 0 Å². The highest BCUT2D eigenvalue weighted by atomic mass is 16.5. The molecule has 1 aliphatic rings. The highest BCUT2D eigenvalue weighted by Gasteiger charge is 2.19. The second kappa shape index (κ2) is 7.41. The van der Waals surface area contributed by atoms with Crippen LogP contribution in [-0.2, 0) is 9.53 Å². The quantitative estimate of drug-likeness (QED) is 0.559. The molecule has 0 aromatic carbocycles. The van der Waals surface area contributed by atoms with Gasteiger partial charge in [-0.2, -0.15) is 0 Å². The zero-order chi connectivity index (χ0) is 11.8. The fourth-order valence-electron chi connectivity index (χ4n) is 2.04. The topological polar surface area (TPSA) is 55.6 Å². The number of hydrogen-bond donors (Lipinski definition) is 1. The number of nitrogens with zero attached hydrogens (tertiary/aromatic N) is 1. The molecule has 1 aliphatic heterocycles. The van der Waals surface area contributed by atoms with Gasteiger partial charge in [-0.15, -0.1) is 0 Å². The maximum absolute atomic E-state index is 11.1. The second-order valence-corrected chi connectivity index (χ2v) is 4.03. The molecular weight excluding hydrogens is 204 g/mol. The summed E-state index contributed by atoms with van der Waals surface area (Å²) in [6.45, 7) is 4.81. The van der Waals surface area contributed by atoms with Crippen LogP contribution in [0.1, 0.15) is 26.2 Å². The predicted molar refractivity (Wildman–Crippen MR) is 64.0 cm³/mol. The van der Waals surface area contributed by atoms with E-state index in [-0.39, 0.29) is 5.97 Å². The normalized spacial score (nSPS) is 22.5. The molecule has 0 radical (unpaired) electrons. The molecule has 4 heteroatoms. The van der Waals surface area contributed by atoms with Gasteiger partial charge in [0.15, 0.2) is 0 Å². The van der Waals surface area contributed by atoms with E-state index in [1.807, 2.05) is 6.08 Å². The Kier molecular flexibility index (Phi) is 6.11. The molecule has 1 heterocycles. The van der Waals surface area contributed by atoms with Gasteiger partial charge in [-0.3, -0.25) is 4.90 Å². The standard InChI is InChI=1S/C12H22N2O2/c1-2-16-12(15)7-5-9-14-8-4-3-6-11(14)10-13/h5,7,11H,2-4,6,8-10,13H2,1H3/b7-5+. The number of carbonyl (C=O) groups is 1. The van der Waals surface area contributed by atoms with Gasteiger partial charge in [0.1, 0.15) is 0 Å². The largest absolute Gasteiger partial charge is 0.463 e. The van der Waals surface area contributed by atoms with E-state index in [9.17, 15) is 4.79 Å². The summed E-state index contributed by atoms with van der Waals surface area (Å²) in [4.78, 5) is 13.4. The second-order valence-electron chi connectivity index (χ2n) is 4.03. The van der Waals surface area contributed by atoms with Gasteiger partial charge in [0.2, 0.25) is 0 Å². The smallest absolute Gasteiger partial charge is 0.330 e. The maximum atomic E-state index is 11.1. The number of hydrogen-bond acceptors (Lipinski definition) is 4. The summed E-state index contributed by atoms with van der Waals surface area (Å²) < 4.78 is 4.82. The summed E-state index contributed by atoms with van der Waals surface area (Å²) in [5.74, 6) is -0.260. The summed E-state index contributed by atoms with van der Waals surface area (Å²) in [5, 5.41) is 0. The first-order chi connectivity index (χ1) is 7.77. The third kappa shape index (κ3) is 4.33. The van der Waals surface area contributed by atoms with Crippen molar-refractivity contribution in [2.45, 2.75) is 32.2 Å². The van der Waals surface area contributed by atoms with Crippen molar-refractivity contribution in [1.82, 2.24) is 4.90 Å². The minimum absolute atomic E-state index is 0.260. The third-order valence-electron chi connectivity index (χ3n) is 2.90. The number of piperidine rings is 1. The summed E-state index contributed by atoms with van der Waals surface area (Å²) in [7, 11) is 0. The van der Waals surface area contributed by atoms with E-state index < -0.39 is 0 Å². The van der Waals surface area contributed by atoms with Crippen molar-refractivity contribution in [2.75, 3.05) is 26.2 Å². The van der Waals surface area contributed by atoms with Crippen molar-refractivity contribution in [1.29, 1.82) is 0 Å². The molecule has 4 nitrogen and oxygen atoms in total. The Morgan fingerprint density at radius 3 is 3.06 bits per heavy atom. The molecule has 0 amide bonds. The Bertz CT molecular complexity index is 241. The van der Waals surface area contributed by atoms with Crippen LogP contribution in [0.15, 0.2) is 12.2 Å². The molecule has 1 unspecified atom stereocenters. The predicted octanol–water partition coefficient (Wildman–Crippen LogP) is 0.919. The molecule has 0 aromatic heterocycles. The van der Waals surface area contributed by atoms with Gasteiger partial charge in [-0.25, -0.2) is 4.79 Å². The van der Waals surface area contributed by atoms with Crippen LogP contribution >= 0.6 is 0 Å². The van der Waals surface area contributed by atoms with Gasteiger partial charge in [-0.05, 0) is 26.3 Å². The zero-order valence-electron chi connectivity index (χ0n) is 10.0. The van der Waals surface area contributed by atoms with Crippen molar-refractivity contribution < 1.29 is 9.53 Å². The monoisotopic (exact) mass is 226 g/mol. The fourth-order valence-corrected chi connectivity index (χ4v) is 2.04. The van der Waals surface area contributed by atoms with Crippen molar-refractivity contribution >= 4 is 5.97 Å². The van der Waals surface area contributed by atoms with Crippen molar-refractivity contribution in [3.63, 3.8) is 0 Å². The SMILES string of the molecule is CCOC(=O)/C=C/CN1CCCCC1CN. The highest BCUT2D eigenvalue weighted by molar-refractivity contribution is 5.81. The Hall–Kier alpha value is -0.870. The first kappa shape index (κ1) is 13.2. The molecule has 16 heavy (non-hydrogen) atoms. The maximum Gasteiger partial charge on any atom is 0.330 e. The molecule has 2 N–H and O–H groups in total. The van der Waals surface area contributed by atoms with Gasteiger partial charge < -0.3 is 10.5 Å². The number of esters is 1. The van der Waals surface area contributed by atoms with E-state index in [2.05, 4.69) is 4.90 Å². The van der Waals surface area contributed by atoms with Crippen LogP contribution < -0.4 is 5.73 Å². The van der Waals surface area contributed by atoms with Crippen LogP contribution in [-0.4, -0.2) is 43.2 Å². The van der Waals surface area contributed by atoms with E-state index in [1.54, 1.807) is 6.92 Å². The molecule has 0 saturated carbocycles. The van der Waals surface area contributed by atoms with Crippen LogP contribution in [0, 0.1) is 0 Å². The van der Waals surface area contributed by atoms with Gasteiger partial charge in [-0.1, -0.05) is 12.5 Å². The zero-order valence-corrected chi connectivity index (χ0v) is 10.0. The van der Waals surface area contributed by atoms with Crippen LogP contribution in [0.4, 0.5) is 0 Å². The van der Waals surface area contributed by atoms with Crippen LogP contribution in [0.5, 0.6) is 0 Å². The molecule has 0 spiro atoms. The minimum Gasteiger partial charge on any atom is -0.463 e. The Balaban J connectivity index is 2.32. The first-order valence-electron chi connectivity index (χ1n) is 6.05. The van der Waals surface area contributed by atoms with E-state index in [1.165, 1.54) is 25.3 Å². The number of likely N-dealkylation sites (tertiary alicyclic amines) is 1. The lowest BCUT2D eigenvalue weighted by molar-refractivity contribution is -0.137. The minimum atomic E-state index is -0.260. The molecule has 0 bridgehead atoms. The Morgan fingerprint density at radius 1 is 1.56 bits per heavy atom. The van der Waals surface area contributed by atoms with E-state index in [0.29, 0.717) is 19.2 Å². The van der Waals surface area contributed by atoms with Gasteiger partial charge in [0.05, 0.1) is 6.61 Å². The van der Waals surface area contributed by atoms with E-state index in [0.717, 1.165) is 13.1 Å². The third-order valence-corrected chi connectivity index (χ3v) is 2.90. The summed E-state index contributed by atoms with van der Waals surface area (Å²) in [5.41, 5.74) is 5.72. The van der Waals surface area contributed by atoms with E-state index >= 15 is 0 Å². The lowest BCUT2D eigenvalue weighted by Gasteiger charge is -2.34. The van der Waals surface area contributed by atoms with Crippen LogP contribution in [0.25, 0.3) is 0 Å². The first-order valence-corrected chi connectivity index (χ1v) is 6.05. The van der Waals surface area contributed by atoms with Gasteiger partial charge in [0, 0.05) is 25.2 Å². The lowest BCUT2D eigenvalue weighted by Crippen LogP contribution is -2.44. The molecule has 0 aliphatic carbocycles. The molecule has 0 aromatic rings. The molecule has 1 fully saturated rings. The summed E-state index contributed by atoms with van der Waals surface area (Å²) in [6, 6.07) is 0.473. The number of ether oxygens (including phenoxy) is 1. The van der Waals surface area contributed by atoms with E-state index in [4.69, 9.17) is 10.5 Å². The Labute approximate surface area is 97.4 Å². The molecule has 1 rings (SSSR count). The van der Waals surface area contributed by atoms with Crippen LogP contribution in [0.2, 0.25) is 0 Å².